The highest BCUT2D eigenvalue weighted by molar-refractivity contribution is 6.09. The predicted octanol–water partition coefficient (Wildman–Crippen LogP) is 1.37. The molecule has 3 aromatic rings. The Morgan fingerprint density at radius 3 is 2.54 bits per heavy atom. The molecular formula is C20H18ClN2O-. The number of nitrogens with zero attached hydrogens (tertiary/aromatic N) is 1. The van der Waals surface area contributed by atoms with E-state index in [1.54, 1.807) is 0 Å². The normalized spacial score (nSPS) is 13.2. The lowest BCUT2D eigenvalue weighted by atomic mass is 9.91. The van der Waals surface area contributed by atoms with Crippen LogP contribution in [0.15, 0.2) is 54.6 Å². The molecule has 1 N–H and O–H groups in total. The number of aryl methyl sites for hydroxylation is 1. The van der Waals surface area contributed by atoms with Crippen molar-refractivity contribution in [3.05, 3.63) is 71.4 Å². The first-order chi connectivity index (χ1) is 11.3. The molecule has 1 aliphatic rings. The molecule has 1 aliphatic carbocycles. The van der Waals surface area contributed by atoms with E-state index in [2.05, 4.69) is 17.4 Å². The third kappa shape index (κ3) is 3.00. The van der Waals surface area contributed by atoms with Gasteiger partial charge in [-0.2, -0.15) is 0 Å². The van der Waals surface area contributed by atoms with E-state index < -0.39 is 0 Å². The number of pyridine rings is 1. The van der Waals surface area contributed by atoms with Crippen molar-refractivity contribution in [2.24, 2.45) is 0 Å². The fourth-order valence-corrected chi connectivity index (χ4v) is 3.26. The summed E-state index contributed by atoms with van der Waals surface area (Å²) in [6, 6.07) is 18.3. The highest BCUT2D eigenvalue weighted by Crippen LogP contribution is 2.33. The SMILES string of the molecule is O=C1CCCc2nc3ccccc3c(NCc3ccccc3)c21.[Cl-]. The van der Waals surface area contributed by atoms with Crippen LogP contribution in [0.3, 0.4) is 0 Å². The van der Waals surface area contributed by atoms with Gasteiger partial charge in [0.15, 0.2) is 5.78 Å². The van der Waals surface area contributed by atoms with Crippen molar-refractivity contribution in [3.63, 3.8) is 0 Å². The second-order valence-corrected chi connectivity index (χ2v) is 5.94. The predicted molar refractivity (Wildman–Crippen MR) is 92.8 cm³/mol. The fraction of sp³-hybridized carbons (Fsp3) is 0.200. The van der Waals surface area contributed by atoms with Crippen LogP contribution in [0.2, 0.25) is 0 Å². The van der Waals surface area contributed by atoms with E-state index in [9.17, 15) is 4.79 Å². The van der Waals surface area contributed by atoms with E-state index in [4.69, 9.17) is 4.98 Å². The van der Waals surface area contributed by atoms with E-state index >= 15 is 0 Å². The number of benzene rings is 2. The Balaban J connectivity index is 0.00000169. The maximum absolute atomic E-state index is 12.5. The van der Waals surface area contributed by atoms with Crippen LogP contribution >= 0.6 is 0 Å². The van der Waals surface area contributed by atoms with Crippen molar-refractivity contribution in [2.45, 2.75) is 25.8 Å². The Morgan fingerprint density at radius 1 is 0.958 bits per heavy atom. The van der Waals surface area contributed by atoms with Crippen molar-refractivity contribution in [2.75, 3.05) is 5.32 Å². The molecule has 0 amide bonds. The zero-order valence-corrected chi connectivity index (χ0v) is 14.0. The van der Waals surface area contributed by atoms with Gasteiger partial charge in [0.2, 0.25) is 0 Å². The maximum Gasteiger partial charge on any atom is 0.166 e. The van der Waals surface area contributed by atoms with Crippen LogP contribution in [0, 0.1) is 0 Å². The molecule has 0 spiro atoms. The Hall–Kier alpha value is -2.39. The summed E-state index contributed by atoms with van der Waals surface area (Å²) in [5.41, 5.74) is 4.84. The van der Waals surface area contributed by atoms with Crippen LogP contribution < -0.4 is 17.7 Å². The Bertz CT molecular complexity index is 877. The Morgan fingerprint density at radius 2 is 1.71 bits per heavy atom. The number of carbonyl (C=O) groups excluding carboxylic acids is 1. The van der Waals surface area contributed by atoms with Crippen LogP contribution in [0.4, 0.5) is 5.69 Å². The van der Waals surface area contributed by atoms with Crippen LogP contribution in [0.1, 0.15) is 34.5 Å². The third-order valence-electron chi connectivity index (χ3n) is 4.38. The number of para-hydroxylation sites is 1. The molecule has 0 saturated heterocycles. The monoisotopic (exact) mass is 337 g/mol. The standard InChI is InChI=1S/C20H18N2O.ClH/c23-18-12-6-11-17-19(18)20(15-9-4-5-10-16(15)22-17)21-13-14-7-2-1-3-8-14;/h1-5,7-10H,6,11-13H2,(H,21,22);1H/p-1. The number of carbonyl (C=O) groups is 1. The van der Waals surface area contributed by atoms with E-state index in [-0.39, 0.29) is 18.2 Å². The average Bonchev–Trinajstić information content (AvgIpc) is 2.60. The smallest absolute Gasteiger partial charge is 0.166 e. The quantitative estimate of drug-likeness (QED) is 0.785. The summed E-state index contributed by atoms with van der Waals surface area (Å²) in [5.74, 6) is 0.208. The molecule has 1 heterocycles. The zero-order chi connectivity index (χ0) is 15.6. The van der Waals surface area contributed by atoms with Gasteiger partial charge in [0.1, 0.15) is 0 Å². The molecule has 2 aromatic carbocycles. The van der Waals surface area contributed by atoms with Crippen LogP contribution in [-0.2, 0) is 13.0 Å². The van der Waals surface area contributed by atoms with Crippen molar-refractivity contribution in [3.8, 4) is 0 Å². The minimum atomic E-state index is 0. The summed E-state index contributed by atoms with van der Waals surface area (Å²) >= 11 is 0. The summed E-state index contributed by atoms with van der Waals surface area (Å²) in [7, 11) is 0. The number of hydrogen-bond acceptors (Lipinski definition) is 3. The zero-order valence-electron chi connectivity index (χ0n) is 13.3. The van der Waals surface area contributed by atoms with E-state index in [0.29, 0.717) is 13.0 Å². The van der Waals surface area contributed by atoms with Gasteiger partial charge in [0, 0.05) is 18.4 Å². The number of fused-ring (bicyclic) bond motifs is 2. The maximum atomic E-state index is 12.5. The summed E-state index contributed by atoms with van der Waals surface area (Å²) in [6.45, 7) is 0.703. The number of Topliss-reactive ketones (excluding diaryl/α,β-unsaturated/α-hetero) is 1. The van der Waals surface area contributed by atoms with Gasteiger partial charge >= 0.3 is 0 Å². The average molecular weight is 338 g/mol. The van der Waals surface area contributed by atoms with Gasteiger partial charge in [-0.15, -0.1) is 0 Å². The van der Waals surface area contributed by atoms with Gasteiger partial charge in [0.25, 0.3) is 0 Å². The van der Waals surface area contributed by atoms with Crippen molar-refractivity contribution in [1.82, 2.24) is 4.98 Å². The molecule has 0 fully saturated rings. The lowest BCUT2D eigenvalue weighted by Crippen LogP contribution is -3.00. The minimum Gasteiger partial charge on any atom is -1.00 e. The summed E-state index contributed by atoms with van der Waals surface area (Å²) in [6.07, 6.45) is 2.40. The van der Waals surface area contributed by atoms with Crippen LogP contribution in [-0.4, -0.2) is 10.8 Å². The summed E-state index contributed by atoms with van der Waals surface area (Å²) in [5, 5.41) is 4.53. The first-order valence-corrected chi connectivity index (χ1v) is 8.05. The highest BCUT2D eigenvalue weighted by Gasteiger charge is 2.24. The second-order valence-electron chi connectivity index (χ2n) is 5.94. The Labute approximate surface area is 147 Å². The first kappa shape index (κ1) is 16.5. The largest absolute Gasteiger partial charge is 1.00 e. The number of halogens is 1. The molecule has 4 heteroatoms. The van der Waals surface area contributed by atoms with Crippen molar-refractivity contribution < 1.29 is 17.2 Å². The molecule has 24 heavy (non-hydrogen) atoms. The summed E-state index contributed by atoms with van der Waals surface area (Å²) in [4.78, 5) is 17.2. The molecule has 0 radical (unpaired) electrons. The van der Waals surface area contributed by atoms with E-state index in [0.717, 1.165) is 40.7 Å². The van der Waals surface area contributed by atoms with E-state index in [1.165, 1.54) is 5.56 Å². The molecule has 3 nitrogen and oxygen atoms in total. The Kier molecular flexibility index (Phi) is 4.81. The molecule has 4 rings (SSSR count). The van der Waals surface area contributed by atoms with E-state index in [1.807, 2.05) is 42.5 Å². The lowest BCUT2D eigenvalue weighted by Gasteiger charge is -2.20. The molecule has 0 saturated carbocycles. The molecular weight excluding hydrogens is 320 g/mol. The molecule has 0 aliphatic heterocycles. The van der Waals surface area contributed by atoms with Crippen molar-refractivity contribution in [1.29, 1.82) is 0 Å². The number of hydrogen-bond donors (Lipinski definition) is 1. The molecule has 1 aromatic heterocycles. The van der Waals surface area contributed by atoms with Gasteiger partial charge in [-0.1, -0.05) is 48.5 Å². The highest BCUT2D eigenvalue weighted by atomic mass is 35.5. The summed E-state index contributed by atoms with van der Waals surface area (Å²) < 4.78 is 0. The lowest BCUT2D eigenvalue weighted by molar-refractivity contribution is -0.0000128. The molecule has 0 unspecified atom stereocenters. The van der Waals surface area contributed by atoms with Crippen LogP contribution in [0.25, 0.3) is 10.9 Å². The second kappa shape index (κ2) is 7.02. The first-order valence-electron chi connectivity index (χ1n) is 8.05. The van der Waals surface area contributed by atoms with Gasteiger partial charge in [-0.3, -0.25) is 9.78 Å². The van der Waals surface area contributed by atoms with Gasteiger partial charge < -0.3 is 17.7 Å². The number of nitrogens with one attached hydrogen (secondary N) is 1. The number of anilines is 1. The molecule has 0 bridgehead atoms. The topological polar surface area (TPSA) is 42.0 Å². The minimum absolute atomic E-state index is 0. The number of ketones is 1. The third-order valence-corrected chi connectivity index (χ3v) is 4.38. The van der Waals surface area contributed by atoms with Gasteiger partial charge in [0.05, 0.1) is 22.5 Å². The van der Waals surface area contributed by atoms with Gasteiger partial charge in [-0.25, -0.2) is 0 Å². The van der Waals surface area contributed by atoms with Crippen LogP contribution in [0.5, 0.6) is 0 Å². The number of rotatable bonds is 3. The van der Waals surface area contributed by atoms with Crippen molar-refractivity contribution >= 4 is 22.4 Å². The fourth-order valence-electron chi connectivity index (χ4n) is 3.26. The van der Waals surface area contributed by atoms with Gasteiger partial charge in [-0.05, 0) is 24.5 Å². The molecule has 122 valence electrons. The number of aromatic nitrogens is 1. The molecule has 0 atom stereocenters.